The van der Waals surface area contributed by atoms with Gasteiger partial charge in [-0.3, -0.25) is 0 Å². The van der Waals surface area contributed by atoms with Crippen LogP contribution in [-0.2, 0) is 0 Å². The molecule has 0 amide bonds. The quantitative estimate of drug-likeness (QED) is 0.198. The highest BCUT2D eigenvalue weighted by molar-refractivity contribution is 7.80. The van der Waals surface area contributed by atoms with Crippen LogP contribution in [0.15, 0.2) is 5.11 Å². The van der Waals surface area contributed by atoms with Crippen molar-refractivity contribution >= 4 is 17.2 Å². The molecule has 4 heteroatoms. The van der Waals surface area contributed by atoms with Crippen LogP contribution in [0.4, 0.5) is 0 Å². The molecule has 0 saturated carbocycles. The molecule has 0 rings (SSSR count). The van der Waals surface area contributed by atoms with E-state index in [1.807, 2.05) is 0 Å². The highest BCUT2D eigenvalue weighted by atomic mass is 32.1. The largest absolute Gasteiger partial charge is 0.0832 e. The number of nitrogens with zero attached hydrogens (tertiary/aromatic N) is 3. The maximum Gasteiger partial charge on any atom is 0.0752 e. The van der Waals surface area contributed by atoms with Crippen molar-refractivity contribution in [3.05, 3.63) is 10.4 Å². The predicted octanol–water partition coefficient (Wildman–Crippen LogP) is 1.64. The molecule has 0 fully saturated rings. The number of thiocarbonyl (C=S) groups is 1. The molecule has 0 spiro atoms. The third-order valence-electron chi connectivity index (χ3n) is 0.186. The van der Waals surface area contributed by atoms with Crippen LogP contribution in [0.5, 0.6) is 0 Å². The predicted molar refractivity (Wildman–Crippen MR) is 27.4 cm³/mol. The van der Waals surface area contributed by atoms with Gasteiger partial charge in [0.15, 0.2) is 0 Å². The van der Waals surface area contributed by atoms with Gasteiger partial charge in [0.25, 0.3) is 0 Å². The van der Waals surface area contributed by atoms with E-state index < -0.39 is 0 Å². The molecule has 32 valence electrons. The fourth-order valence-corrected chi connectivity index (χ4v) is 0.0995. The van der Waals surface area contributed by atoms with Crippen LogP contribution in [0.25, 0.3) is 10.4 Å². The lowest BCUT2D eigenvalue weighted by atomic mass is 10.8. The number of hydrogen-bond donors (Lipinski definition) is 0. The van der Waals surface area contributed by atoms with E-state index in [2.05, 4.69) is 22.2 Å². The van der Waals surface area contributed by atoms with Crippen molar-refractivity contribution < 1.29 is 0 Å². The van der Waals surface area contributed by atoms with E-state index in [1.54, 1.807) is 6.92 Å². The Bertz CT molecular complexity index is 101. The van der Waals surface area contributed by atoms with Crippen LogP contribution in [0.2, 0.25) is 0 Å². The minimum absolute atomic E-state index is 0.331. The lowest BCUT2D eigenvalue weighted by Gasteiger charge is -1.66. The van der Waals surface area contributed by atoms with E-state index in [0.29, 0.717) is 4.99 Å². The van der Waals surface area contributed by atoms with Gasteiger partial charge < -0.3 is 0 Å². The minimum Gasteiger partial charge on any atom is -0.0832 e. The Kier molecular flexibility index (Phi) is 2.36. The van der Waals surface area contributed by atoms with Gasteiger partial charge in [-0.25, -0.2) is 0 Å². The molecule has 0 aromatic heterocycles. The summed E-state index contributed by atoms with van der Waals surface area (Å²) >= 11 is 4.37. The summed E-state index contributed by atoms with van der Waals surface area (Å²) < 4.78 is 0. The maximum absolute atomic E-state index is 7.61. The summed E-state index contributed by atoms with van der Waals surface area (Å²) in [5.74, 6) is 0. The number of rotatable bonds is 0. The van der Waals surface area contributed by atoms with Gasteiger partial charge in [-0.2, -0.15) is 0 Å². The van der Waals surface area contributed by atoms with E-state index in [0.717, 1.165) is 0 Å². The summed E-state index contributed by atoms with van der Waals surface area (Å²) in [5.41, 5.74) is 7.61. The van der Waals surface area contributed by atoms with Crippen molar-refractivity contribution in [2.45, 2.75) is 6.92 Å². The SMILES string of the molecule is CC(=S)N=[N+]=[N-]. The third kappa shape index (κ3) is 3.40. The highest BCUT2D eigenvalue weighted by Crippen LogP contribution is 1.73. The molecule has 0 N–H and O–H groups in total. The average Bonchev–Trinajstić information content (AvgIpc) is 1.35. The summed E-state index contributed by atoms with van der Waals surface area (Å²) in [6.45, 7) is 1.56. The van der Waals surface area contributed by atoms with Crippen LogP contribution in [-0.4, -0.2) is 4.99 Å². The second-order valence-electron chi connectivity index (χ2n) is 0.708. The number of hydrogen-bond acceptors (Lipinski definition) is 1. The van der Waals surface area contributed by atoms with E-state index in [9.17, 15) is 0 Å². The van der Waals surface area contributed by atoms with Gasteiger partial charge in [0, 0.05) is 4.91 Å². The molecule has 0 saturated heterocycles. The van der Waals surface area contributed by atoms with Crippen molar-refractivity contribution in [2.24, 2.45) is 5.11 Å². The monoisotopic (exact) mass is 101 g/mol. The zero-order valence-electron chi connectivity index (χ0n) is 3.25. The smallest absolute Gasteiger partial charge is 0.0752 e. The van der Waals surface area contributed by atoms with Gasteiger partial charge in [0.2, 0.25) is 0 Å². The fourth-order valence-electron chi connectivity index (χ4n) is 0.0630. The fraction of sp³-hybridized carbons (Fsp3) is 0.500. The van der Waals surface area contributed by atoms with E-state index in [-0.39, 0.29) is 0 Å². The van der Waals surface area contributed by atoms with Crippen LogP contribution in [0.3, 0.4) is 0 Å². The van der Waals surface area contributed by atoms with Crippen molar-refractivity contribution in [3.8, 4) is 0 Å². The van der Waals surface area contributed by atoms with Crippen LogP contribution >= 0.6 is 12.2 Å². The molecule has 0 aromatic carbocycles. The molecule has 0 bridgehead atoms. The summed E-state index contributed by atoms with van der Waals surface area (Å²) in [6, 6.07) is 0. The molecule has 0 aliphatic carbocycles. The van der Waals surface area contributed by atoms with Crippen LogP contribution in [0.1, 0.15) is 6.92 Å². The van der Waals surface area contributed by atoms with Crippen LogP contribution < -0.4 is 0 Å². The molecule has 0 unspecified atom stereocenters. The molecule has 0 radical (unpaired) electrons. The van der Waals surface area contributed by atoms with Crippen molar-refractivity contribution in [2.75, 3.05) is 0 Å². The standard InChI is InChI=1S/C2H3N3S/c1-2(6)4-5-3/h1H3. The van der Waals surface area contributed by atoms with Gasteiger partial charge in [0.1, 0.15) is 0 Å². The zero-order valence-corrected chi connectivity index (χ0v) is 4.07. The highest BCUT2D eigenvalue weighted by Gasteiger charge is 1.68. The first-order valence-electron chi connectivity index (χ1n) is 1.33. The Balaban J connectivity index is 3.60. The molecule has 0 aromatic rings. The van der Waals surface area contributed by atoms with Crippen LogP contribution in [0, 0.1) is 0 Å². The lowest BCUT2D eigenvalue weighted by molar-refractivity contribution is 1.62. The van der Waals surface area contributed by atoms with E-state index in [4.69, 9.17) is 5.53 Å². The Morgan fingerprint density at radius 1 is 2.00 bits per heavy atom. The van der Waals surface area contributed by atoms with Gasteiger partial charge in [0.05, 0.1) is 4.99 Å². The topological polar surface area (TPSA) is 48.8 Å². The Morgan fingerprint density at radius 2 is 2.50 bits per heavy atom. The maximum atomic E-state index is 7.61. The first kappa shape index (κ1) is 5.40. The van der Waals surface area contributed by atoms with Crippen molar-refractivity contribution in [3.63, 3.8) is 0 Å². The van der Waals surface area contributed by atoms with Gasteiger partial charge in [-0.15, -0.1) is 0 Å². The molecule has 6 heavy (non-hydrogen) atoms. The Morgan fingerprint density at radius 3 is 2.50 bits per heavy atom. The molecular weight excluding hydrogens is 98.1 g/mol. The van der Waals surface area contributed by atoms with Gasteiger partial charge in [-0.1, -0.05) is 17.3 Å². The summed E-state index contributed by atoms with van der Waals surface area (Å²) in [7, 11) is 0. The second-order valence-corrected chi connectivity index (χ2v) is 1.30. The normalized spacial score (nSPS) is 6.17. The lowest BCUT2D eigenvalue weighted by Crippen LogP contribution is -1.68. The number of azide groups is 1. The van der Waals surface area contributed by atoms with E-state index in [1.165, 1.54) is 0 Å². The van der Waals surface area contributed by atoms with Gasteiger partial charge >= 0.3 is 0 Å². The molecule has 3 nitrogen and oxygen atoms in total. The summed E-state index contributed by atoms with van der Waals surface area (Å²) in [5, 5.41) is 3.04. The summed E-state index contributed by atoms with van der Waals surface area (Å²) in [4.78, 5) is 2.75. The average molecular weight is 101 g/mol. The van der Waals surface area contributed by atoms with Gasteiger partial charge in [-0.05, 0) is 12.5 Å². The molecule has 0 atom stereocenters. The second kappa shape index (κ2) is 2.63. The molecule has 0 aliphatic rings. The summed E-state index contributed by atoms with van der Waals surface area (Å²) in [6.07, 6.45) is 0. The molecular formula is C2H3N3S. The third-order valence-corrected chi connectivity index (χ3v) is 0.267. The Labute approximate surface area is 40.6 Å². The Hall–Kier alpha value is -0.600. The van der Waals surface area contributed by atoms with Crippen molar-refractivity contribution in [1.82, 2.24) is 0 Å². The molecule has 0 aliphatic heterocycles. The zero-order chi connectivity index (χ0) is 4.99. The van der Waals surface area contributed by atoms with E-state index >= 15 is 0 Å². The minimum atomic E-state index is 0.331. The molecule has 0 heterocycles. The first-order chi connectivity index (χ1) is 2.77. The van der Waals surface area contributed by atoms with Crippen molar-refractivity contribution in [1.29, 1.82) is 0 Å². The first-order valence-corrected chi connectivity index (χ1v) is 1.74.